The third-order valence-corrected chi connectivity index (χ3v) is 6.44. The molecule has 1 aliphatic carbocycles. The fourth-order valence-corrected chi connectivity index (χ4v) is 4.65. The first-order valence-electron chi connectivity index (χ1n) is 11.9. The molecule has 0 aromatic heterocycles. The van der Waals surface area contributed by atoms with Crippen LogP contribution in [-0.4, -0.2) is 53.7 Å². The van der Waals surface area contributed by atoms with E-state index in [1.54, 1.807) is 23.1 Å². The summed E-state index contributed by atoms with van der Waals surface area (Å²) in [5, 5.41) is 22.6. The fourth-order valence-electron chi connectivity index (χ4n) is 4.65. The van der Waals surface area contributed by atoms with E-state index in [0.29, 0.717) is 30.0 Å². The van der Waals surface area contributed by atoms with Gasteiger partial charge in [-0.05, 0) is 73.6 Å². The van der Waals surface area contributed by atoms with Crippen molar-refractivity contribution in [3.05, 3.63) is 53.6 Å². The summed E-state index contributed by atoms with van der Waals surface area (Å²) in [4.78, 5) is 40.9. The van der Waals surface area contributed by atoms with Gasteiger partial charge in [-0.3, -0.25) is 14.4 Å². The second kappa shape index (κ2) is 10.8. The van der Waals surface area contributed by atoms with Crippen LogP contribution in [-0.2, 0) is 27.2 Å². The van der Waals surface area contributed by atoms with Crippen molar-refractivity contribution in [3.8, 4) is 0 Å². The molecule has 1 fully saturated rings. The second-order valence-corrected chi connectivity index (χ2v) is 8.84. The Hall–Kier alpha value is -3.23. The summed E-state index contributed by atoms with van der Waals surface area (Å²) in [6.45, 7) is 0.350. The van der Waals surface area contributed by atoms with Gasteiger partial charge < -0.3 is 25.3 Å². The number of carbonyl (C=O) groups excluding carboxylic acids is 3. The van der Waals surface area contributed by atoms with Gasteiger partial charge in [0.05, 0.1) is 13.0 Å². The van der Waals surface area contributed by atoms with Crippen LogP contribution in [0.4, 0.5) is 17.1 Å². The molecule has 4 rings (SSSR count). The van der Waals surface area contributed by atoms with E-state index in [2.05, 4.69) is 5.32 Å². The number of benzene rings is 2. The summed E-state index contributed by atoms with van der Waals surface area (Å²) in [5.41, 5.74) is 4.27. The Morgan fingerprint density at radius 2 is 1.85 bits per heavy atom. The van der Waals surface area contributed by atoms with Gasteiger partial charge >= 0.3 is 0 Å². The molecule has 1 atom stereocenters. The third-order valence-electron chi connectivity index (χ3n) is 6.44. The number of nitrogens with one attached hydrogen (secondary N) is 1. The average molecular weight is 466 g/mol. The Labute approximate surface area is 199 Å². The van der Waals surface area contributed by atoms with Gasteiger partial charge in [0, 0.05) is 36.6 Å². The van der Waals surface area contributed by atoms with Crippen molar-refractivity contribution in [1.82, 2.24) is 0 Å². The fraction of sp³-hybridized carbons (Fsp3) is 0.423. The Bertz CT molecular complexity index is 1070. The van der Waals surface area contributed by atoms with Crippen molar-refractivity contribution in [2.24, 2.45) is 0 Å². The van der Waals surface area contributed by atoms with Crippen molar-refractivity contribution < 1.29 is 24.6 Å². The van der Waals surface area contributed by atoms with Gasteiger partial charge in [-0.2, -0.15) is 0 Å². The van der Waals surface area contributed by atoms with Crippen LogP contribution in [0.3, 0.4) is 0 Å². The number of rotatable bonds is 8. The van der Waals surface area contributed by atoms with Crippen molar-refractivity contribution >= 4 is 34.8 Å². The first-order valence-corrected chi connectivity index (χ1v) is 11.9. The topological polar surface area (TPSA) is 110 Å². The maximum atomic E-state index is 13.0. The lowest BCUT2D eigenvalue weighted by Crippen LogP contribution is -2.39. The van der Waals surface area contributed by atoms with E-state index < -0.39 is 24.3 Å². The number of carbonyl (C=O) groups is 3. The predicted molar refractivity (Wildman–Crippen MR) is 130 cm³/mol. The van der Waals surface area contributed by atoms with Crippen LogP contribution < -0.4 is 15.1 Å². The Morgan fingerprint density at radius 3 is 2.65 bits per heavy atom. The van der Waals surface area contributed by atoms with Crippen LogP contribution in [0.2, 0.25) is 0 Å². The number of hydrogen-bond donors (Lipinski definition) is 3. The zero-order valence-electron chi connectivity index (χ0n) is 19.2. The molecule has 3 N–H and O–H groups in total. The predicted octanol–water partition coefficient (Wildman–Crippen LogP) is 2.41. The lowest BCUT2D eigenvalue weighted by molar-refractivity contribution is -0.129. The highest BCUT2D eigenvalue weighted by atomic mass is 16.3. The molecule has 0 bridgehead atoms. The molecule has 2 aliphatic rings. The summed E-state index contributed by atoms with van der Waals surface area (Å²) in [5.74, 6) is -1.10. The maximum absolute atomic E-state index is 13.0. The summed E-state index contributed by atoms with van der Waals surface area (Å²) in [7, 11) is 0. The van der Waals surface area contributed by atoms with Gasteiger partial charge in [0.1, 0.15) is 6.10 Å². The van der Waals surface area contributed by atoms with E-state index in [9.17, 15) is 24.6 Å². The van der Waals surface area contributed by atoms with Crippen LogP contribution in [0.1, 0.15) is 43.2 Å². The van der Waals surface area contributed by atoms with Crippen molar-refractivity contribution in [1.29, 1.82) is 0 Å². The zero-order chi connectivity index (χ0) is 24.1. The highest BCUT2D eigenvalue weighted by Gasteiger charge is 2.25. The van der Waals surface area contributed by atoms with Gasteiger partial charge in [0.25, 0.3) is 5.91 Å². The molecule has 8 nitrogen and oxygen atoms in total. The van der Waals surface area contributed by atoms with E-state index in [1.807, 2.05) is 24.3 Å². The smallest absolute Gasteiger partial charge is 0.253 e. The molecular formula is C26H31N3O5. The zero-order valence-corrected chi connectivity index (χ0v) is 19.2. The first-order chi connectivity index (χ1) is 16.5. The van der Waals surface area contributed by atoms with Gasteiger partial charge in [-0.25, -0.2) is 0 Å². The first kappa shape index (κ1) is 23.9. The van der Waals surface area contributed by atoms with Crippen LogP contribution in [0.15, 0.2) is 42.5 Å². The van der Waals surface area contributed by atoms with E-state index in [1.165, 1.54) is 16.0 Å². The minimum atomic E-state index is -1.53. The van der Waals surface area contributed by atoms with E-state index >= 15 is 0 Å². The molecule has 0 saturated carbocycles. The van der Waals surface area contributed by atoms with Gasteiger partial charge in [0.15, 0.2) is 0 Å². The van der Waals surface area contributed by atoms with Gasteiger partial charge in [0.2, 0.25) is 11.8 Å². The molecule has 180 valence electrons. The number of aryl methyl sites for hydroxylation is 2. The maximum Gasteiger partial charge on any atom is 0.253 e. The Kier molecular flexibility index (Phi) is 7.59. The SMILES string of the molecule is O=C(Nc1ccc2c(c1)CCC2)C(O)CC(=O)N(CCO)c1cccc(N2CCCCC2=O)c1. The number of amides is 3. The monoisotopic (exact) mass is 465 g/mol. The lowest BCUT2D eigenvalue weighted by atomic mass is 10.1. The molecule has 1 aliphatic heterocycles. The molecule has 1 saturated heterocycles. The molecule has 1 heterocycles. The van der Waals surface area contributed by atoms with Crippen molar-refractivity contribution in [2.75, 3.05) is 34.8 Å². The van der Waals surface area contributed by atoms with Gasteiger partial charge in [-0.1, -0.05) is 12.1 Å². The molecular weight excluding hydrogens is 434 g/mol. The average Bonchev–Trinajstić information content (AvgIpc) is 3.30. The summed E-state index contributed by atoms with van der Waals surface area (Å²) < 4.78 is 0. The number of aliphatic hydroxyl groups excluding tert-OH is 2. The minimum absolute atomic E-state index is 0.00932. The number of anilines is 3. The summed E-state index contributed by atoms with van der Waals surface area (Å²) in [6.07, 6.45) is 3.42. The van der Waals surface area contributed by atoms with Crippen LogP contribution in [0.5, 0.6) is 0 Å². The van der Waals surface area contributed by atoms with Crippen LogP contribution in [0.25, 0.3) is 0 Å². The standard InChI is InChI=1S/C26H31N3O5/c30-14-13-29(22-8-4-7-21(16-22)28-12-2-1-9-24(28)32)25(33)17-23(31)26(34)27-20-11-10-18-5-3-6-19(18)15-20/h4,7-8,10-11,15-16,23,30-31H,1-3,5-6,9,12-14,17H2,(H,27,34). The third kappa shape index (κ3) is 5.46. The van der Waals surface area contributed by atoms with Crippen molar-refractivity contribution in [2.45, 2.75) is 51.0 Å². The van der Waals surface area contributed by atoms with E-state index in [0.717, 1.165) is 32.1 Å². The van der Waals surface area contributed by atoms with Crippen LogP contribution in [0, 0.1) is 0 Å². The molecule has 1 unspecified atom stereocenters. The molecule has 2 aromatic carbocycles. The van der Waals surface area contributed by atoms with E-state index in [4.69, 9.17) is 0 Å². The second-order valence-electron chi connectivity index (χ2n) is 8.84. The summed E-state index contributed by atoms with van der Waals surface area (Å²) >= 11 is 0. The molecule has 0 spiro atoms. The molecule has 34 heavy (non-hydrogen) atoms. The number of piperidine rings is 1. The number of hydrogen-bond acceptors (Lipinski definition) is 5. The highest BCUT2D eigenvalue weighted by Crippen LogP contribution is 2.27. The number of nitrogens with zero attached hydrogens (tertiary/aromatic N) is 2. The van der Waals surface area contributed by atoms with E-state index in [-0.39, 0.29) is 19.1 Å². The number of aliphatic hydroxyl groups is 2. The number of fused-ring (bicyclic) bond motifs is 1. The minimum Gasteiger partial charge on any atom is -0.395 e. The summed E-state index contributed by atoms with van der Waals surface area (Å²) in [6, 6.07) is 12.7. The van der Waals surface area contributed by atoms with Crippen molar-refractivity contribution in [3.63, 3.8) is 0 Å². The highest BCUT2D eigenvalue weighted by molar-refractivity contribution is 6.01. The Balaban J connectivity index is 1.42. The molecule has 3 amide bonds. The van der Waals surface area contributed by atoms with Gasteiger partial charge in [-0.15, -0.1) is 0 Å². The largest absolute Gasteiger partial charge is 0.395 e. The molecule has 8 heteroatoms. The molecule has 0 radical (unpaired) electrons. The quantitative estimate of drug-likeness (QED) is 0.555. The lowest BCUT2D eigenvalue weighted by Gasteiger charge is -2.29. The van der Waals surface area contributed by atoms with Crippen LogP contribution >= 0.6 is 0 Å². The normalized spacial score (nSPS) is 16.2. The molecule has 2 aromatic rings. The Morgan fingerprint density at radius 1 is 1.03 bits per heavy atom.